The van der Waals surface area contributed by atoms with Crippen molar-refractivity contribution in [3.05, 3.63) is 27.9 Å². The van der Waals surface area contributed by atoms with Gasteiger partial charge < -0.3 is 10.2 Å². The minimum absolute atomic E-state index is 0.168. The van der Waals surface area contributed by atoms with Crippen molar-refractivity contribution in [1.29, 1.82) is 5.26 Å². The van der Waals surface area contributed by atoms with E-state index in [2.05, 4.69) is 29.0 Å². The van der Waals surface area contributed by atoms with Crippen LogP contribution in [0.1, 0.15) is 19.4 Å². The Labute approximate surface area is 112 Å². The summed E-state index contributed by atoms with van der Waals surface area (Å²) in [7, 11) is 0. The lowest BCUT2D eigenvalue weighted by Crippen LogP contribution is -2.28. The van der Waals surface area contributed by atoms with Crippen LogP contribution in [0.15, 0.2) is 12.3 Å². The predicted molar refractivity (Wildman–Crippen MR) is 71.9 cm³/mol. The van der Waals surface area contributed by atoms with Crippen LogP contribution in [0, 0.1) is 21.4 Å². The molecular weight excluding hydrogens is 246 g/mol. The summed E-state index contributed by atoms with van der Waals surface area (Å²) in [6, 6.07) is 3.07. The van der Waals surface area contributed by atoms with E-state index in [1.165, 1.54) is 12.3 Å². The first kappa shape index (κ1) is 14.9. The molecule has 1 rings (SSSR count). The molecule has 1 aromatic rings. The number of nitrogens with one attached hydrogen (secondary N) is 1. The molecule has 0 saturated carbocycles. The van der Waals surface area contributed by atoms with Gasteiger partial charge in [0.2, 0.25) is 5.82 Å². The molecule has 0 aliphatic rings. The van der Waals surface area contributed by atoms with E-state index in [0.29, 0.717) is 6.54 Å². The molecule has 7 heteroatoms. The maximum atomic E-state index is 10.9. The lowest BCUT2D eigenvalue weighted by molar-refractivity contribution is -0.384. The summed E-state index contributed by atoms with van der Waals surface area (Å²) >= 11 is 0. The maximum Gasteiger partial charge on any atom is 0.312 e. The lowest BCUT2D eigenvalue weighted by Gasteiger charge is -2.18. The summed E-state index contributed by atoms with van der Waals surface area (Å²) in [6.07, 6.45) is 1.33. The Bertz CT molecular complexity index is 479. The standard InChI is InChI=1S/C12H17N5O2/c1-3-16(4-2)6-5-14-12-11(17(18)19)7-10(8-13)9-15-12/h7,9H,3-6H2,1-2H3,(H,14,15). The van der Waals surface area contributed by atoms with Crippen molar-refractivity contribution < 1.29 is 4.92 Å². The minimum Gasteiger partial charge on any atom is -0.363 e. The summed E-state index contributed by atoms with van der Waals surface area (Å²) in [6.45, 7) is 7.34. The first-order chi connectivity index (χ1) is 9.12. The number of likely N-dealkylation sites (N-methyl/N-ethyl adjacent to an activating group) is 1. The van der Waals surface area contributed by atoms with Crippen LogP contribution in [-0.4, -0.2) is 41.0 Å². The van der Waals surface area contributed by atoms with Gasteiger partial charge in [-0.2, -0.15) is 5.26 Å². The van der Waals surface area contributed by atoms with Gasteiger partial charge >= 0.3 is 5.69 Å². The normalized spacial score (nSPS) is 10.2. The van der Waals surface area contributed by atoms with Crippen LogP contribution in [0.3, 0.4) is 0 Å². The van der Waals surface area contributed by atoms with Crippen molar-refractivity contribution >= 4 is 11.5 Å². The highest BCUT2D eigenvalue weighted by molar-refractivity contribution is 5.58. The van der Waals surface area contributed by atoms with Crippen LogP contribution in [0.4, 0.5) is 11.5 Å². The monoisotopic (exact) mass is 263 g/mol. The topological polar surface area (TPSA) is 95.1 Å². The van der Waals surface area contributed by atoms with E-state index in [1.54, 1.807) is 0 Å². The second-order valence-corrected chi connectivity index (χ2v) is 3.91. The molecule has 102 valence electrons. The van der Waals surface area contributed by atoms with Crippen LogP contribution >= 0.6 is 0 Å². The van der Waals surface area contributed by atoms with E-state index < -0.39 is 4.92 Å². The van der Waals surface area contributed by atoms with Crippen molar-refractivity contribution in [3.63, 3.8) is 0 Å². The molecule has 0 unspecified atom stereocenters. The number of hydrogen-bond donors (Lipinski definition) is 1. The molecule has 0 saturated heterocycles. The third-order valence-electron chi connectivity index (χ3n) is 2.81. The van der Waals surface area contributed by atoms with Crippen molar-refractivity contribution in [2.75, 3.05) is 31.5 Å². The molecular formula is C12H17N5O2. The smallest absolute Gasteiger partial charge is 0.312 e. The van der Waals surface area contributed by atoms with Gasteiger partial charge in [-0.15, -0.1) is 0 Å². The van der Waals surface area contributed by atoms with E-state index in [9.17, 15) is 10.1 Å². The molecule has 1 N–H and O–H groups in total. The van der Waals surface area contributed by atoms with Gasteiger partial charge in [-0.25, -0.2) is 4.98 Å². The molecule has 1 heterocycles. The third kappa shape index (κ3) is 4.19. The summed E-state index contributed by atoms with van der Waals surface area (Å²) in [4.78, 5) is 16.5. The summed E-state index contributed by atoms with van der Waals surface area (Å²) in [5, 5.41) is 22.6. The van der Waals surface area contributed by atoms with Crippen LogP contribution in [0.2, 0.25) is 0 Å². The summed E-state index contributed by atoms with van der Waals surface area (Å²) in [5.74, 6) is 0.205. The highest BCUT2D eigenvalue weighted by Crippen LogP contribution is 2.22. The molecule has 0 aromatic carbocycles. The Balaban J connectivity index is 2.73. The summed E-state index contributed by atoms with van der Waals surface area (Å²) < 4.78 is 0. The molecule has 0 radical (unpaired) electrons. The fourth-order valence-electron chi connectivity index (χ4n) is 1.66. The zero-order chi connectivity index (χ0) is 14.3. The number of pyridine rings is 1. The number of nitriles is 1. The number of nitro groups is 1. The first-order valence-corrected chi connectivity index (χ1v) is 6.13. The molecule has 0 atom stereocenters. The average molecular weight is 263 g/mol. The van der Waals surface area contributed by atoms with Crippen LogP contribution in [-0.2, 0) is 0 Å². The van der Waals surface area contributed by atoms with Crippen molar-refractivity contribution in [2.45, 2.75) is 13.8 Å². The van der Waals surface area contributed by atoms with Gasteiger partial charge in [-0.3, -0.25) is 10.1 Å². The highest BCUT2D eigenvalue weighted by Gasteiger charge is 2.16. The van der Waals surface area contributed by atoms with E-state index in [-0.39, 0.29) is 17.1 Å². The third-order valence-corrected chi connectivity index (χ3v) is 2.81. The maximum absolute atomic E-state index is 10.9. The molecule has 0 aliphatic carbocycles. The van der Waals surface area contributed by atoms with Crippen molar-refractivity contribution in [2.24, 2.45) is 0 Å². The fourth-order valence-corrected chi connectivity index (χ4v) is 1.66. The van der Waals surface area contributed by atoms with E-state index in [0.717, 1.165) is 19.6 Å². The molecule has 7 nitrogen and oxygen atoms in total. The molecule has 0 amide bonds. The zero-order valence-corrected chi connectivity index (χ0v) is 11.1. The largest absolute Gasteiger partial charge is 0.363 e. The second kappa shape index (κ2) is 7.28. The number of hydrogen-bond acceptors (Lipinski definition) is 6. The second-order valence-electron chi connectivity index (χ2n) is 3.91. The Kier molecular flexibility index (Phi) is 5.70. The van der Waals surface area contributed by atoms with E-state index in [1.807, 2.05) is 6.07 Å². The molecule has 19 heavy (non-hydrogen) atoms. The van der Waals surface area contributed by atoms with Crippen LogP contribution in [0.25, 0.3) is 0 Å². The predicted octanol–water partition coefficient (Wildman–Crippen LogP) is 1.62. The van der Waals surface area contributed by atoms with Gasteiger partial charge in [0.05, 0.1) is 10.5 Å². The fraction of sp³-hybridized carbons (Fsp3) is 0.500. The van der Waals surface area contributed by atoms with Gasteiger partial charge in [0.1, 0.15) is 6.07 Å². The van der Waals surface area contributed by atoms with Gasteiger partial charge in [0, 0.05) is 25.4 Å². The highest BCUT2D eigenvalue weighted by atomic mass is 16.6. The van der Waals surface area contributed by atoms with Crippen LogP contribution in [0.5, 0.6) is 0 Å². The van der Waals surface area contributed by atoms with Crippen molar-refractivity contribution in [1.82, 2.24) is 9.88 Å². The zero-order valence-electron chi connectivity index (χ0n) is 11.1. The average Bonchev–Trinajstić information content (AvgIpc) is 2.43. The van der Waals surface area contributed by atoms with E-state index in [4.69, 9.17) is 5.26 Å². The molecule has 1 aromatic heterocycles. The Morgan fingerprint density at radius 3 is 2.74 bits per heavy atom. The van der Waals surface area contributed by atoms with Gasteiger partial charge in [0.25, 0.3) is 0 Å². The Morgan fingerprint density at radius 2 is 2.21 bits per heavy atom. The summed E-state index contributed by atoms with van der Waals surface area (Å²) in [5.41, 5.74) is 0.0135. The van der Waals surface area contributed by atoms with Crippen LogP contribution < -0.4 is 5.32 Å². The molecule has 0 spiro atoms. The quantitative estimate of drug-likeness (QED) is 0.593. The lowest BCUT2D eigenvalue weighted by atomic mass is 10.3. The minimum atomic E-state index is -0.534. The number of nitrogens with zero attached hydrogens (tertiary/aromatic N) is 4. The van der Waals surface area contributed by atoms with Gasteiger partial charge in [-0.1, -0.05) is 13.8 Å². The molecule has 0 aliphatic heterocycles. The van der Waals surface area contributed by atoms with Crippen molar-refractivity contribution in [3.8, 4) is 6.07 Å². The Morgan fingerprint density at radius 1 is 1.53 bits per heavy atom. The number of aromatic nitrogens is 1. The SMILES string of the molecule is CCN(CC)CCNc1ncc(C#N)cc1[N+](=O)[O-]. The van der Waals surface area contributed by atoms with E-state index >= 15 is 0 Å². The number of rotatable bonds is 7. The first-order valence-electron chi connectivity index (χ1n) is 6.13. The molecule has 0 bridgehead atoms. The van der Waals surface area contributed by atoms with Gasteiger partial charge in [-0.05, 0) is 13.1 Å². The number of anilines is 1. The molecule has 0 fully saturated rings. The Hall–Kier alpha value is -2.20. The van der Waals surface area contributed by atoms with Gasteiger partial charge in [0.15, 0.2) is 0 Å².